The largest absolute Gasteiger partial charge is 0.487 e. The first-order valence-electron chi connectivity index (χ1n) is 6.83. The highest BCUT2D eigenvalue weighted by molar-refractivity contribution is 5.58. The highest BCUT2D eigenvalue weighted by Gasteiger charge is 2.35. The van der Waals surface area contributed by atoms with Gasteiger partial charge in [-0.1, -0.05) is 20.3 Å². The van der Waals surface area contributed by atoms with Crippen LogP contribution < -0.4 is 10.1 Å². The fourth-order valence-corrected chi connectivity index (χ4v) is 2.17. The van der Waals surface area contributed by atoms with Crippen LogP contribution in [0.25, 0.3) is 0 Å². The highest BCUT2D eigenvalue weighted by atomic mass is 16.6. The fraction of sp³-hybridized carbons (Fsp3) is 0.571. The number of nitrogens with one attached hydrogen (secondary N) is 1. The van der Waals surface area contributed by atoms with Crippen LogP contribution in [0.5, 0.6) is 5.75 Å². The maximum Gasteiger partial charge on any atom is 0.311 e. The zero-order chi connectivity index (χ0) is 13.8. The average Bonchev–Trinajstić information content (AvgIpc) is 3.14. The summed E-state index contributed by atoms with van der Waals surface area (Å²) in [7, 11) is 0. The van der Waals surface area contributed by atoms with E-state index in [1.54, 1.807) is 12.1 Å². The topological polar surface area (TPSA) is 64.4 Å². The molecule has 5 nitrogen and oxygen atoms in total. The minimum atomic E-state index is -0.402. The molecule has 1 N–H and O–H groups in total. The Morgan fingerprint density at radius 2 is 2.26 bits per heavy atom. The molecule has 5 heteroatoms. The van der Waals surface area contributed by atoms with E-state index in [1.807, 2.05) is 6.92 Å². The molecule has 0 amide bonds. The van der Waals surface area contributed by atoms with E-state index < -0.39 is 4.92 Å². The van der Waals surface area contributed by atoms with Gasteiger partial charge >= 0.3 is 5.69 Å². The molecule has 2 atom stereocenters. The van der Waals surface area contributed by atoms with Crippen molar-refractivity contribution in [2.24, 2.45) is 5.92 Å². The van der Waals surface area contributed by atoms with Gasteiger partial charge in [0.2, 0.25) is 0 Å². The molecule has 0 aliphatic heterocycles. The Bertz CT molecular complexity index is 462. The maximum absolute atomic E-state index is 10.9. The molecule has 104 valence electrons. The third-order valence-electron chi connectivity index (χ3n) is 3.42. The first-order chi connectivity index (χ1) is 9.15. The first kappa shape index (κ1) is 13.6. The standard InChI is InChI=1S/C14H20N2O3/c1-3-7-19-14-9-11(5-6-13(14)16(17)18)15-12-8-10(12)4-2/h5-6,9-10,12,15H,3-4,7-8H2,1-2H3. The fourth-order valence-electron chi connectivity index (χ4n) is 2.17. The Hall–Kier alpha value is -1.78. The molecule has 1 saturated carbocycles. The minimum absolute atomic E-state index is 0.0295. The Morgan fingerprint density at radius 1 is 1.47 bits per heavy atom. The molecule has 1 aromatic carbocycles. The monoisotopic (exact) mass is 264 g/mol. The van der Waals surface area contributed by atoms with Gasteiger partial charge in [0.05, 0.1) is 11.5 Å². The van der Waals surface area contributed by atoms with Gasteiger partial charge in [-0.25, -0.2) is 0 Å². The van der Waals surface area contributed by atoms with Crippen LogP contribution in [0.3, 0.4) is 0 Å². The van der Waals surface area contributed by atoms with E-state index in [0.717, 1.165) is 18.0 Å². The summed E-state index contributed by atoms with van der Waals surface area (Å²) < 4.78 is 5.46. The summed E-state index contributed by atoms with van der Waals surface area (Å²) in [6.07, 6.45) is 3.18. The molecule has 2 rings (SSSR count). The molecule has 1 aliphatic rings. The summed E-state index contributed by atoms with van der Waals surface area (Å²) in [4.78, 5) is 10.5. The lowest BCUT2D eigenvalue weighted by Crippen LogP contribution is -2.05. The number of anilines is 1. The summed E-state index contributed by atoms with van der Waals surface area (Å²) in [6, 6.07) is 5.50. The van der Waals surface area contributed by atoms with Crippen molar-refractivity contribution in [1.29, 1.82) is 0 Å². The van der Waals surface area contributed by atoms with Gasteiger partial charge in [0.25, 0.3) is 0 Å². The molecule has 2 unspecified atom stereocenters. The Labute approximate surface area is 113 Å². The van der Waals surface area contributed by atoms with Crippen molar-refractivity contribution in [2.75, 3.05) is 11.9 Å². The lowest BCUT2D eigenvalue weighted by molar-refractivity contribution is -0.385. The predicted molar refractivity (Wildman–Crippen MR) is 74.7 cm³/mol. The molecule has 1 fully saturated rings. The summed E-state index contributed by atoms with van der Waals surface area (Å²) in [5.74, 6) is 1.08. The molecular formula is C14H20N2O3. The van der Waals surface area contributed by atoms with Crippen molar-refractivity contribution >= 4 is 11.4 Å². The van der Waals surface area contributed by atoms with E-state index >= 15 is 0 Å². The summed E-state index contributed by atoms with van der Waals surface area (Å²) in [5.41, 5.74) is 0.930. The molecule has 0 heterocycles. The number of ether oxygens (including phenoxy) is 1. The van der Waals surface area contributed by atoms with Gasteiger partial charge in [0.15, 0.2) is 5.75 Å². The SMILES string of the molecule is CCCOc1cc(NC2CC2CC)ccc1[N+](=O)[O-]. The quantitative estimate of drug-likeness (QED) is 0.603. The maximum atomic E-state index is 10.9. The molecular weight excluding hydrogens is 244 g/mol. The Balaban J connectivity index is 2.10. The van der Waals surface area contributed by atoms with Gasteiger partial charge in [-0.3, -0.25) is 10.1 Å². The summed E-state index contributed by atoms with van der Waals surface area (Å²) in [5, 5.41) is 14.3. The van der Waals surface area contributed by atoms with Crippen molar-refractivity contribution in [2.45, 2.75) is 39.2 Å². The van der Waals surface area contributed by atoms with Gasteiger partial charge in [0.1, 0.15) is 0 Å². The van der Waals surface area contributed by atoms with Gasteiger partial charge in [0, 0.05) is 23.9 Å². The van der Waals surface area contributed by atoms with Crippen LogP contribution >= 0.6 is 0 Å². The van der Waals surface area contributed by atoms with Crippen molar-refractivity contribution < 1.29 is 9.66 Å². The van der Waals surface area contributed by atoms with Crippen molar-refractivity contribution in [3.05, 3.63) is 28.3 Å². The number of nitrogens with zero attached hydrogens (tertiary/aromatic N) is 1. The van der Waals surface area contributed by atoms with Crippen molar-refractivity contribution in [1.82, 2.24) is 0 Å². The third-order valence-corrected chi connectivity index (χ3v) is 3.42. The molecule has 0 radical (unpaired) electrons. The number of hydrogen-bond acceptors (Lipinski definition) is 4. The third kappa shape index (κ3) is 3.36. The van der Waals surface area contributed by atoms with E-state index in [-0.39, 0.29) is 5.69 Å². The first-order valence-corrected chi connectivity index (χ1v) is 6.83. The molecule has 1 aliphatic carbocycles. The van der Waals surface area contributed by atoms with Gasteiger partial charge in [-0.15, -0.1) is 0 Å². The number of benzene rings is 1. The molecule has 0 aromatic heterocycles. The summed E-state index contributed by atoms with van der Waals surface area (Å²) >= 11 is 0. The van der Waals surface area contributed by atoms with Crippen LogP contribution in [0.2, 0.25) is 0 Å². The van der Waals surface area contributed by atoms with Gasteiger partial charge < -0.3 is 10.1 Å². The molecule has 1 aromatic rings. The second kappa shape index (κ2) is 5.91. The molecule has 0 spiro atoms. The van der Waals surface area contributed by atoms with E-state index in [9.17, 15) is 10.1 Å². The highest BCUT2D eigenvalue weighted by Crippen LogP contribution is 2.38. The van der Waals surface area contributed by atoms with E-state index in [0.29, 0.717) is 18.4 Å². The predicted octanol–water partition coefficient (Wildman–Crippen LogP) is 3.59. The van der Waals surface area contributed by atoms with Crippen LogP contribution in [-0.2, 0) is 0 Å². The normalized spacial score (nSPS) is 20.9. The van der Waals surface area contributed by atoms with Crippen LogP contribution in [-0.4, -0.2) is 17.6 Å². The zero-order valence-electron chi connectivity index (χ0n) is 11.4. The molecule has 19 heavy (non-hydrogen) atoms. The lowest BCUT2D eigenvalue weighted by atomic mass is 10.2. The Morgan fingerprint density at radius 3 is 2.84 bits per heavy atom. The second-order valence-corrected chi connectivity index (χ2v) is 4.94. The minimum Gasteiger partial charge on any atom is -0.487 e. The van der Waals surface area contributed by atoms with E-state index in [4.69, 9.17) is 4.74 Å². The number of rotatable bonds is 7. The smallest absolute Gasteiger partial charge is 0.311 e. The van der Waals surface area contributed by atoms with E-state index in [1.165, 1.54) is 18.9 Å². The summed E-state index contributed by atoms with van der Waals surface area (Å²) in [6.45, 7) is 4.65. The van der Waals surface area contributed by atoms with Gasteiger partial charge in [-0.05, 0) is 24.8 Å². The van der Waals surface area contributed by atoms with Crippen LogP contribution in [0.4, 0.5) is 11.4 Å². The van der Waals surface area contributed by atoms with Crippen LogP contribution in [0.15, 0.2) is 18.2 Å². The number of nitro groups is 1. The lowest BCUT2D eigenvalue weighted by Gasteiger charge is -2.09. The Kier molecular flexibility index (Phi) is 4.24. The second-order valence-electron chi connectivity index (χ2n) is 4.94. The number of hydrogen-bond donors (Lipinski definition) is 1. The van der Waals surface area contributed by atoms with Gasteiger partial charge in [-0.2, -0.15) is 0 Å². The van der Waals surface area contributed by atoms with Crippen molar-refractivity contribution in [3.63, 3.8) is 0 Å². The molecule has 0 saturated heterocycles. The van der Waals surface area contributed by atoms with Crippen LogP contribution in [0, 0.1) is 16.0 Å². The zero-order valence-corrected chi connectivity index (χ0v) is 11.4. The average molecular weight is 264 g/mol. The van der Waals surface area contributed by atoms with Crippen molar-refractivity contribution in [3.8, 4) is 5.75 Å². The van der Waals surface area contributed by atoms with E-state index in [2.05, 4.69) is 12.2 Å². The number of nitro benzene ring substituents is 1. The molecule has 0 bridgehead atoms. The van der Waals surface area contributed by atoms with Crippen LogP contribution in [0.1, 0.15) is 33.1 Å².